The number of hydrogen-bond donors (Lipinski definition) is 1. The Morgan fingerprint density at radius 2 is 1.94 bits per heavy atom. The Kier molecular flexibility index (Phi) is 7.33. The molecule has 10 heteroatoms. The highest BCUT2D eigenvalue weighted by Crippen LogP contribution is 2.25. The zero-order valence-corrected chi connectivity index (χ0v) is 18.7. The maximum Gasteiger partial charge on any atom is 0.288 e. The average Bonchev–Trinajstić information content (AvgIpc) is 3.36. The van der Waals surface area contributed by atoms with E-state index in [0.29, 0.717) is 5.69 Å². The van der Waals surface area contributed by atoms with Crippen molar-refractivity contribution >= 4 is 40.2 Å². The van der Waals surface area contributed by atoms with E-state index in [1.165, 1.54) is 21.8 Å². The number of hydrogen-bond acceptors (Lipinski definition) is 8. The molecule has 0 unspecified atom stereocenters. The van der Waals surface area contributed by atoms with Crippen LogP contribution in [0.15, 0.2) is 29.6 Å². The van der Waals surface area contributed by atoms with Gasteiger partial charge in [0.25, 0.3) is 5.24 Å². The minimum Gasteiger partial charge on any atom is -0.379 e. The molecule has 164 valence electrons. The van der Waals surface area contributed by atoms with Crippen LogP contribution in [0, 0.1) is 0 Å². The second-order valence-corrected chi connectivity index (χ2v) is 9.14. The zero-order valence-electron chi connectivity index (χ0n) is 17.0. The van der Waals surface area contributed by atoms with Crippen LogP contribution in [-0.4, -0.2) is 77.0 Å². The van der Waals surface area contributed by atoms with Crippen molar-refractivity contribution in [3.63, 3.8) is 0 Å². The molecule has 2 aromatic rings. The van der Waals surface area contributed by atoms with Crippen molar-refractivity contribution in [1.82, 2.24) is 20.1 Å². The van der Waals surface area contributed by atoms with Gasteiger partial charge >= 0.3 is 0 Å². The predicted octanol–water partition coefficient (Wildman–Crippen LogP) is 2.00. The Labute approximate surface area is 189 Å². The molecular weight excluding hydrogens is 436 g/mol. The van der Waals surface area contributed by atoms with Crippen molar-refractivity contribution < 1.29 is 19.1 Å². The number of morpholine rings is 1. The van der Waals surface area contributed by atoms with Gasteiger partial charge in [0.15, 0.2) is 0 Å². The fourth-order valence-corrected chi connectivity index (χ4v) is 5.00. The Balaban J connectivity index is 1.25. The zero-order chi connectivity index (χ0) is 21.6. The lowest BCUT2D eigenvalue weighted by Gasteiger charge is -2.26. The van der Waals surface area contributed by atoms with Crippen molar-refractivity contribution in [2.24, 2.45) is 0 Å². The first-order valence-corrected chi connectivity index (χ1v) is 12.0. The molecular formula is C21H24N4O4S2. The molecule has 1 aromatic carbocycles. The molecule has 0 bridgehead atoms. The molecule has 1 N–H and O–H groups in total. The van der Waals surface area contributed by atoms with E-state index in [2.05, 4.69) is 39.5 Å². The summed E-state index contributed by atoms with van der Waals surface area (Å²) in [5.74, 6) is -0.198. The third-order valence-corrected chi connectivity index (χ3v) is 6.90. The van der Waals surface area contributed by atoms with Crippen molar-refractivity contribution in [2.45, 2.75) is 13.0 Å². The van der Waals surface area contributed by atoms with Crippen LogP contribution in [0.2, 0.25) is 0 Å². The summed E-state index contributed by atoms with van der Waals surface area (Å²) in [6, 6.07) is 8.39. The topological polar surface area (TPSA) is 91.8 Å². The molecule has 4 rings (SSSR count). The molecule has 3 heterocycles. The molecule has 8 nitrogen and oxygen atoms in total. The number of thiazole rings is 1. The SMILES string of the molecule is O=C(Cc1csc(-c2ccc(CN3CCOCC3)cc2)n1)NCCN1C(=O)CSC1=O. The summed E-state index contributed by atoms with van der Waals surface area (Å²) < 4.78 is 5.39. The van der Waals surface area contributed by atoms with Gasteiger partial charge in [-0.25, -0.2) is 4.98 Å². The average molecular weight is 461 g/mol. The van der Waals surface area contributed by atoms with Crippen molar-refractivity contribution in [2.75, 3.05) is 45.1 Å². The molecule has 2 fully saturated rings. The van der Waals surface area contributed by atoms with E-state index in [1.54, 1.807) is 0 Å². The Morgan fingerprint density at radius 1 is 1.16 bits per heavy atom. The molecule has 3 amide bonds. The van der Waals surface area contributed by atoms with Gasteiger partial charge in [-0.3, -0.25) is 24.2 Å². The van der Waals surface area contributed by atoms with Gasteiger partial charge in [0, 0.05) is 43.7 Å². The third-order valence-electron chi connectivity index (χ3n) is 5.10. The number of rotatable bonds is 8. The van der Waals surface area contributed by atoms with E-state index in [9.17, 15) is 14.4 Å². The van der Waals surface area contributed by atoms with Gasteiger partial charge in [-0.05, 0) is 5.56 Å². The number of ether oxygens (including phenoxy) is 1. The lowest BCUT2D eigenvalue weighted by molar-refractivity contribution is -0.125. The first kappa shape index (κ1) is 21.9. The second-order valence-electron chi connectivity index (χ2n) is 7.36. The second kappa shape index (κ2) is 10.4. The molecule has 1 aromatic heterocycles. The summed E-state index contributed by atoms with van der Waals surface area (Å²) in [6.45, 7) is 4.88. The van der Waals surface area contributed by atoms with Crippen LogP contribution in [0.5, 0.6) is 0 Å². The number of carbonyl (C=O) groups excluding carboxylic acids is 3. The smallest absolute Gasteiger partial charge is 0.288 e. The van der Waals surface area contributed by atoms with E-state index in [0.717, 1.165) is 55.2 Å². The van der Waals surface area contributed by atoms with E-state index < -0.39 is 0 Å². The van der Waals surface area contributed by atoms with Crippen LogP contribution in [0.4, 0.5) is 4.79 Å². The monoisotopic (exact) mass is 460 g/mol. The minimum absolute atomic E-state index is 0.169. The fourth-order valence-electron chi connectivity index (χ4n) is 3.42. The molecule has 0 aliphatic carbocycles. The van der Waals surface area contributed by atoms with E-state index >= 15 is 0 Å². The lowest BCUT2D eigenvalue weighted by atomic mass is 10.1. The number of thioether (sulfide) groups is 1. The highest BCUT2D eigenvalue weighted by atomic mass is 32.2. The van der Waals surface area contributed by atoms with E-state index in [1.807, 2.05) is 5.38 Å². The summed E-state index contributed by atoms with van der Waals surface area (Å²) in [6.07, 6.45) is 0.169. The van der Waals surface area contributed by atoms with E-state index in [-0.39, 0.29) is 42.3 Å². The number of benzene rings is 1. The highest BCUT2D eigenvalue weighted by molar-refractivity contribution is 8.14. The van der Waals surface area contributed by atoms with Gasteiger partial charge in [0.1, 0.15) is 5.01 Å². The number of amides is 3. The molecule has 0 spiro atoms. The minimum atomic E-state index is -0.251. The summed E-state index contributed by atoms with van der Waals surface area (Å²) in [4.78, 5) is 43.4. The number of nitrogens with one attached hydrogen (secondary N) is 1. The standard InChI is InChI=1S/C21H24N4O4S2/c26-18(22-5-6-25-19(27)14-31-21(25)28)11-17-13-30-20(23-17)16-3-1-15(2-4-16)12-24-7-9-29-10-8-24/h1-4,13H,5-12,14H2,(H,22,26). The number of aromatic nitrogens is 1. The van der Waals surface area contributed by atoms with Crippen LogP contribution in [0.25, 0.3) is 10.6 Å². The largest absolute Gasteiger partial charge is 0.379 e. The molecule has 2 saturated heterocycles. The number of carbonyl (C=O) groups is 3. The quantitative estimate of drug-likeness (QED) is 0.644. The van der Waals surface area contributed by atoms with Gasteiger partial charge in [-0.2, -0.15) is 0 Å². The van der Waals surface area contributed by atoms with Gasteiger partial charge in [-0.15, -0.1) is 11.3 Å². The summed E-state index contributed by atoms with van der Waals surface area (Å²) in [5.41, 5.74) is 3.00. The molecule has 0 radical (unpaired) electrons. The van der Waals surface area contributed by atoms with Crippen molar-refractivity contribution in [1.29, 1.82) is 0 Å². The van der Waals surface area contributed by atoms with Crippen molar-refractivity contribution in [3.05, 3.63) is 40.9 Å². The highest BCUT2D eigenvalue weighted by Gasteiger charge is 2.29. The summed E-state index contributed by atoms with van der Waals surface area (Å²) in [5, 5.41) is 5.27. The first-order chi connectivity index (χ1) is 15.1. The van der Waals surface area contributed by atoms with Crippen LogP contribution in [-0.2, 0) is 27.3 Å². The Morgan fingerprint density at radius 3 is 2.65 bits per heavy atom. The molecule has 0 saturated carbocycles. The Bertz CT molecular complexity index is 925. The predicted molar refractivity (Wildman–Crippen MR) is 120 cm³/mol. The van der Waals surface area contributed by atoms with Gasteiger partial charge in [-0.1, -0.05) is 36.0 Å². The summed E-state index contributed by atoms with van der Waals surface area (Å²) >= 11 is 2.51. The van der Waals surface area contributed by atoms with Crippen LogP contribution in [0.1, 0.15) is 11.3 Å². The fraction of sp³-hybridized carbons (Fsp3) is 0.429. The third kappa shape index (κ3) is 5.91. The van der Waals surface area contributed by atoms with Crippen LogP contribution < -0.4 is 5.32 Å². The normalized spacial score (nSPS) is 17.4. The molecule has 0 atom stereocenters. The van der Waals surface area contributed by atoms with Gasteiger partial charge < -0.3 is 10.1 Å². The van der Waals surface area contributed by atoms with Crippen LogP contribution in [0.3, 0.4) is 0 Å². The van der Waals surface area contributed by atoms with Crippen molar-refractivity contribution in [3.8, 4) is 10.6 Å². The van der Waals surface area contributed by atoms with Gasteiger partial charge in [0.2, 0.25) is 11.8 Å². The number of imide groups is 1. The molecule has 31 heavy (non-hydrogen) atoms. The first-order valence-electron chi connectivity index (χ1n) is 10.2. The Hall–Kier alpha value is -2.27. The number of nitrogens with zero attached hydrogens (tertiary/aromatic N) is 3. The van der Waals surface area contributed by atoms with Crippen LogP contribution >= 0.6 is 23.1 Å². The lowest BCUT2D eigenvalue weighted by Crippen LogP contribution is -2.37. The van der Waals surface area contributed by atoms with E-state index in [4.69, 9.17) is 4.74 Å². The van der Waals surface area contributed by atoms with Gasteiger partial charge in [0.05, 0.1) is 31.1 Å². The maximum absolute atomic E-state index is 12.2. The molecule has 2 aliphatic rings. The summed E-state index contributed by atoms with van der Waals surface area (Å²) in [7, 11) is 0. The molecule has 2 aliphatic heterocycles. The maximum atomic E-state index is 12.2.